The van der Waals surface area contributed by atoms with E-state index in [4.69, 9.17) is 0 Å². The van der Waals surface area contributed by atoms with E-state index in [2.05, 4.69) is 10.3 Å². The minimum absolute atomic E-state index is 0.0315. The fraction of sp³-hybridized carbons (Fsp3) is 0.474. The van der Waals surface area contributed by atoms with E-state index in [-0.39, 0.29) is 18.7 Å². The summed E-state index contributed by atoms with van der Waals surface area (Å²) in [5.74, 6) is -0.865. The van der Waals surface area contributed by atoms with Crippen molar-refractivity contribution >= 4 is 29.0 Å². The maximum Gasteiger partial charge on any atom is 0.391 e. The average molecular weight is 415 g/mol. The van der Waals surface area contributed by atoms with Crippen LogP contribution < -0.4 is 5.32 Å². The Morgan fingerprint density at radius 2 is 2.04 bits per heavy atom. The Morgan fingerprint density at radius 1 is 1.30 bits per heavy atom. The summed E-state index contributed by atoms with van der Waals surface area (Å²) in [6.07, 6.45) is -2.98. The summed E-state index contributed by atoms with van der Waals surface area (Å²) >= 11 is 3.25. The van der Waals surface area contributed by atoms with Crippen LogP contribution in [-0.2, 0) is 5.75 Å². The van der Waals surface area contributed by atoms with Crippen LogP contribution in [0.4, 0.5) is 13.2 Å². The van der Waals surface area contributed by atoms with Gasteiger partial charge in [-0.05, 0) is 50.5 Å². The molecule has 1 aromatic carbocycles. The lowest BCUT2D eigenvalue weighted by Crippen LogP contribution is -2.41. The molecule has 0 unspecified atom stereocenters. The number of thioether (sulfide) groups is 1. The largest absolute Gasteiger partial charge is 0.391 e. The van der Waals surface area contributed by atoms with Gasteiger partial charge in [0.25, 0.3) is 5.91 Å². The van der Waals surface area contributed by atoms with Crippen molar-refractivity contribution in [2.24, 2.45) is 5.92 Å². The molecule has 1 aromatic heterocycles. The number of amides is 1. The summed E-state index contributed by atoms with van der Waals surface area (Å²) in [7, 11) is 0. The van der Waals surface area contributed by atoms with Gasteiger partial charge in [-0.15, -0.1) is 23.1 Å². The van der Waals surface area contributed by atoms with E-state index < -0.39 is 18.1 Å². The van der Waals surface area contributed by atoms with Crippen LogP contribution in [0.1, 0.15) is 46.7 Å². The third kappa shape index (κ3) is 5.72. The summed E-state index contributed by atoms with van der Waals surface area (Å²) in [5, 5.41) is 5.83. The van der Waals surface area contributed by atoms with Gasteiger partial charge in [0.1, 0.15) is 0 Å². The molecule has 0 radical (unpaired) electrons. The third-order valence-corrected chi connectivity index (χ3v) is 6.51. The van der Waals surface area contributed by atoms with E-state index in [0.29, 0.717) is 18.4 Å². The first-order chi connectivity index (χ1) is 12.8. The molecular formula is C19H21F3N2OS2. The highest BCUT2D eigenvalue weighted by Crippen LogP contribution is 2.37. The number of aromatic nitrogens is 1. The zero-order chi connectivity index (χ0) is 19.4. The van der Waals surface area contributed by atoms with Crippen LogP contribution in [0.3, 0.4) is 0 Å². The van der Waals surface area contributed by atoms with Gasteiger partial charge >= 0.3 is 6.18 Å². The van der Waals surface area contributed by atoms with Crippen LogP contribution in [0.2, 0.25) is 0 Å². The number of thiazole rings is 1. The van der Waals surface area contributed by atoms with Gasteiger partial charge in [0.15, 0.2) is 0 Å². The number of nitrogens with zero attached hydrogens (tertiary/aromatic N) is 1. The van der Waals surface area contributed by atoms with Gasteiger partial charge < -0.3 is 5.32 Å². The van der Waals surface area contributed by atoms with E-state index in [1.807, 2.05) is 24.4 Å². The second-order valence-corrected chi connectivity index (χ2v) is 8.86. The number of benzene rings is 1. The first kappa shape index (κ1) is 20.2. The number of rotatable bonds is 5. The minimum atomic E-state index is -4.18. The van der Waals surface area contributed by atoms with Crippen molar-refractivity contribution in [3.8, 4) is 0 Å². The Morgan fingerprint density at radius 3 is 2.67 bits per heavy atom. The lowest BCUT2D eigenvalue weighted by atomic mass is 9.85. The Hall–Kier alpha value is -1.54. The minimum Gasteiger partial charge on any atom is -0.349 e. The fourth-order valence-corrected chi connectivity index (χ4v) is 4.73. The van der Waals surface area contributed by atoms with E-state index in [9.17, 15) is 18.0 Å². The molecule has 1 aliphatic carbocycles. The quantitative estimate of drug-likeness (QED) is 0.648. The average Bonchev–Trinajstić information content (AvgIpc) is 3.05. The molecule has 0 spiro atoms. The molecule has 1 amide bonds. The SMILES string of the molecule is Cc1nc(CSc2ccc(C(=O)N[C@@H]3CCC[C@@H](C(F)(F)F)C3)cc2)cs1. The zero-order valence-corrected chi connectivity index (χ0v) is 16.5. The molecule has 27 heavy (non-hydrogen) atoms. The molecule has 1 N–H and O–H groups in total. The summed E-state index contributed by atoms with van der Waals surface area (Å²) < 4.78 is 38.7. The van der Waals surface area contributed by atoms with Crippen molar-refractivity contribution in [1.29, 1.82) is 0 Å². The second-order valence-electron chi connectivity index (χ2n) is 6.75. The monoisotopic (exact) mass is 414 g/mol. The predicted octanol–water partition coefficient (Wildman–Crippen LogP) is 5.59. The van der Waals surface area contributed by atoms with Gasteiger partial charge in [-0.1, -0.05) is 6.42 Å². The summed E-state index contributed by atoms with van der Waals surface area (Å²) in [4.78, 5) is 17.8. The van der Waals surface area contributed by atoms with Gasteiger partial charge in [0.05, 0.1) is 16.6 Å². The third-order valence-electron chi connectivity index (χ3n) is 4.64. The molecule has 0 saturated heterocycles. The van der Waals surface area contributed by atoms with Gasteiger partial charge in [-0.25, -0.2) is 4.98 Å². The maximum absolute atomic E-state index is 12.9. The van der Waals surface area contributed by atoms with Crippen LogP contribution in [0.15, 0.2) is 34.5 Å². The Labute approximate surface area is 164 Å². The van der Waals surface area contributed by atoms with E-state index in [1.54, 1.807) is 35.2 Å². The number of carbonyl (C=O) groups excluding carboxylic acids is 1. The molecule has 0 aliphatic heterocycles. The summed E-state index contributed by atoms with van der Waals surface area (Å²) in [6.45, 7) is 1.97. The van der Waals surface area contributed by atoms with Crippen molar-refractivity contribution in [3.63, 3.8) is 0 Å². The Bertz CT molecular complexity index is 774. The van der Waals surface area contributed by atoms with Crippen LogP contribution >= 0.6 is 23.1 Å². The standard InChI is InChI=1S/C19H21F3N2OS2/c1-12-23-16(10-26-12)11-27-17-7-5-13(6-8-17)18(25)24-15-4-2-3-14(9-15)19(20,21)22/h5-8,10,14-15H,2-4,9,11H2,1H3,(H,24,25)/t14-,15-/m1/s1. The normalized spacial score (nSPS) is 20.4. The number of aryl methyl sites for hydroxylation is 1. The van der Waals surface area contributed by atoms with Gasteiger partial charge in [-0.2, -0.15) is 13.2 Å². The molecule has 1 fully saturated rings. The highest BCUT2D eigenvalue weighted by atomic mass is 32.2. The van der Waals surface area contributed by atoms with Crippen molar-refractivity contribution in [3.05, 3.63) is 45.9 Å². The lowest BCUT2D eigenvalue weighted by Gasteiger charge is -2.31. The van der Waals surface area contributed by atoms with Crippen LogP contribution in [0.5, 0.6) is 0 Å². The highest BCUT2D eigenvalue weighted by Gasteiger charge is 2.42. The molecule has 2 atom stereocenters. The second kappa shape index (κ2) is 8.65. The lowest BCUT2D eigenvalue weighted by molar-refractivity contribution is -0.183. The van der Waals surface area contributed by atoms with Gasteiger partial charge in [-0.3, -0.25) is 4.79 Å². The molecule has 8 heteroatoms. The maximum atomic E-state index is 12.9. The molecule has 1 saturated carbocycles. The molecule has 1 heterocycles. The van der Waals surface area contributed by atoms with Crippen molar-refractivity contribution < 1.29 is 18.0 Å². The van der Waals surface area contributed by atoms with Crippen LogP contribution in [0, 0.1) is 12.8 Å². The van der Waals surface area contributed by atoms with E-state index in [1.165, 1.54) is 0 Å². The zero-order valence-electron chi connectivity index (χ0n) is 14.9. The van der Waals surface area contributed by atoms with Crippen LogP contribution in [0.25, 0.3) is 0 Å². The van der Waals surface area contributed by atoms with Crippen molar-refractivity contribution in [2.45, 2.75) is 55.5 Å². The number of halogens is 3. The molecule has 2 aromatic rings. The number of carbonyl (C=O) groups is 1. The smallest absolute Gasteiger partial charge is 0.349 e. The van der Waals surface area contributed by atoms with Crippen molar-refractivity contribution in [2.75, 3.05) is 0 Å². The summed E-state index contributed by atoms with van der Waals surface area (Å²) in [6, 6.07) is 6.73. The fourth-order valence-electron chi connectivity index (χ4n) is 3.22. The summed E-state index contributed by atoms with van der Waals surface area (Å²) in [5.41, 5.74) is 1.50. The number of alkyl halides is 3. The molecule has 3 nitrogen and oxygen atoms in total. The Balaban J connectivity index is 1.52. The first-order valence-electron chi connectivity index (χ1n) is 8.82. The molecule has 0 bridgehead atoms. The number of hydrogen-bond donors (Lipinski definition) is 1. The topological polar surface area (TPSA) is 42.0 Å². The Kier molecular flexibility index (Phi) is 6.47. The highest BCUT2D eigenvalue weighted by molar-refractivity contribution is 7.98. The van der Waals surface area contributed by atoms with Crippen molar-refractivity contribution in [1.82, 2.24) is 10.3 Å². The molecule has 3 rings (SSSR count). The number of hydrogen-bond acceptors (Lipinski definition) is 4. The predicted molar refractivity (Wildman–Crippen MR) is 102 cm³/mol. The van der Waals surface area contributed by atoms with E-state index in [0.717, 1.165) is 21.3 Å². The molecule has 1 aliphatic rings. The van der Waals surface area contributed by atoms with E-state index >= 15 is 0 Å². The first-order valence-corrected chi connectivity index (χ1v) is 10.7. The van der Waals surface area contributed by atoms with Gasteiger partial charge in [0, 0.05) is 27.6 Å². The number of nitrogens with one attached hydrogen (secondary N) is 1. The molecular weight excluding hydrogens is 393 g/mol. The molecule has 146 valence electrons. The van der Waals surface area contributed by atoms with Gasteiger partial charge in [0.2, 0.25) is 0 Å². The van der Waals surface area contributed by atoms with Crippen LogP contribution in [-0.4, -0.2) is 23.1 Å².